The van der Waals surface area contributed by atoms with E-state index in [0.717, 1.165) is 30.0 Å². The lowest BCUT2D eigenvalue weighted by Gasteiger charge is -2.46. The Kier molecular flexibility index (Phi) is 7.50. The number of amides is 1. The van der Waals surface area contributed by atoms with E-state index in [2.05, 4.69) is 32.9 Å². The summed E-state index contributed by atoms with van der Waals surface area (Å²) in [6.07, 6.45) is 4.99. The van der Waals surface area contributed by atoms with Crippen LogP contribution in [0.5, 0.6) is 0 Å². The van der Waals surface area contributed by atoms with Crippen LogP contribution < -0.4 is 4.90 Å². The molecule has 2 atom stereocenters. The molecular formula is C27H34FN5O2. The van der Waals surface area contributed by atoms with E-state index in [1.165, 1.54) is 12.1 Å². The Morgan fingerprint density at radius 1 is 1.17 bits per heavy atom. The first-order valence-electron chi connectivity index (χ1n) is 12.3. The summed E-state index contributed by atoms with van der Waals surface area (Å²) in [7, 11) is 0. The minimum atomic E-state index is -0.711. The molecule has 4 heterocycles. The van der Waals surface area contributed by atoms with Gasteiger partial charge in [0, 0.05) is 43.3 Å². The molecule has 7 nitrogen and oxygen atoms in total. The van der Waals surface area contributed by atoms with E-state index >= 15 is 0 Å². The topological polar surface area (TPSA) is 65.7 Å². The van der Waals surface area contributed by atoms with Crippen LogP contribution in [0.1, 0.15) is 50.6 Å². The van der Waals surface area contributed by atoms with Crippen molar-refractivity contribution in [3.63, 3.8) is 0 Å². The molecule has 35 heavy (non-hydrogen) atoms. The monoisotopic (exact) mass is 479 g/mol. The maximum Gasteiger partial charge on any atom is 0.250 e. The molecule has 186 valence electrons. The van der Waals surface area contributed by atoms with Crippen molar-refractivity contribution in [3.8, 4) is 0 Å². The lowest BCUT2D eigenvalue weighted by Crippen LogP contribution is -2.59. The number of hydrogen-bond donors (Lipinski definition) is 0. The maximum atomic E-state index is 14.1. The first-order valence-corrected chi connectivity index (χ1v) is 12.3. The number of rotatable bonds is 5. The molecule has 0 saturated carbocycles. The fourth-order valence-electron chi connectivity index (χ4n) is 5.23. The Balaban J connectivity index is 0.00000141. The second-order valence-corrected chi connectivity index (χ2v) is 9.15. The van der Waals surface area contributed by atoms with Crippen LogP contribution in [0.25, 0.3) is 0 Å². The van der Waals surface area contributed by atoms with Gasteiger partial charge in [0.2, 0.25) is 5.91 Å². The molecule has 8 heteroatoms. The quantitative estimate of drug-likeness (QED) is 0.525. The van der Waals surface area contributed by atoms with Crippen LogP contribution in [0.3, 0.4) is 0 Å². The predicted octanol–water partition coefficient (Wildman–Crippen LogP) is 4.77. The number of piperidine rings is 1. The predicted molar refractivity (Wildman–Crippen MR) is 133 cm³/mol. The number of aromatic nitrogens is 2. The molecule has 2 aliphatic heterocycles. The summed E-state index contributed by atoms with van der Waals surface area (Å²) in [5.74, 6) is 0.480. The molecule has 2 saturated heterocycles. The van der Waals surface area contributed by atoms with Crippen LogP contribution in [0.15, 0.2) is 59.4 Å². The van der Waals surface area contributed by atoms with Crippen molar-refractivity contribution in [3.05, 3.63) is 77.7 Å². The smallest absolute Gasteiger partial charge is 0.250 e. The van der Waals surface area contributed by atoms with Gasteiger partial charge < -0.3 is 14.3 Å². The van der Waals surface area contributed by atoms with E-state index in [-0.39, 0.29) is 17.8 Å². The van der Waals surface area contributed by atoms with Crippen molar-refractivity contribution < 1.29 is 13.7 Å². The molecule has 0 N–H and O–H groups in total. The average Bonchev–Trinajstić information content (AvgIpc) is 3.39. The molecule has 5 rings (SSSR count). The van der Waals surface area contributed by atoms with E-state index in [4.69, 9.17) is 4.52 Å². The number of nitrogens with zero attached hydrogens (tertiary/aromatic N) is 5. The van der Waals surface area contributed by atoms with Gasteiger partial charge in [0.05, 0.1) is 13.2 Å². The van der Waals surface area contributed by atoms with Crippen LogP contribution in [0, 0.1) is 12.7 Å². The molecular weight excluding hydrogens is 445 g/mol. The standard InChI is InChI=1S/C25H28FN5O2.C2H6/c1-18-13-25(8-10-29(18)15-20-5-4-9-27-14-20)24(32)30(16-22-11-19(2)33-28-22)17-31(25)23-7-3-6-21(26)12-23;1-2/h3-7,9,11-12,14,18H,8,10,13,15-17H2,1-2H3;1-2H3/t18-,25?;/m0./s1. The summed E-state index contributed by atoms with van der Waals surface area (Å²) in [5.41, 5.74) is 1.90. The van der Waals surface area contributed by atoms with Crippen LogP contribution in [-0.2, 0) is 17.9 Å². The van der Waals surface area contributed by atoms with Crippen molar-refractivity contribution in [1.82, 2.24) is 19.9 Å². The molecule has 0 radical (unpaired) electrons. The normalized spacial score (nSPS) is 22.4. The second-order valence-electron chi connectivity index (χ2n) is 9.15. The third-order valence-corrected chi connectivity index (χ3v) is 6.84. The number of likely N-dealkylation sites (tertiary alicyclic amines) is 1. The van der Waals surface area contributed by atoms with Gasteiger partial charge in [-0.25, -0.2) is 4.39 Å². The Labute approximate surface area is 206 Å². The Bertz CT molecular complexity index is 1140. The van der Waals surface area contributed by atoms with E-state index in [1.807, 2.05) is 50.1 Å². The van der Waals surface area contributed by atoms with Gasteiger partial charge in [-0.05, 0) is 56.5 Å². The molecule has 2 fully saturated rings. The summed E-state index contributed by atoms with van der Waals surface area (Å²) in [6, 6.07) is 12.6. The number of aryl methyl sites for hydroxylation is 1. The third kappa shape index (κ3) is 5.07. The van der Waals surface area contributed by atoms with Crippen LogP contribution in [-0.4, -0.2) is 50.6 Å². The number of carbonyl (C=O) groups is 1. The van der Waals surface area contributed by atoms with Crippen molar-refractivity contribution in [2.24, 2.45) is 0 Å². The van der Waals surface area contributed by atoms with Crippen molar-refractivity contribution in [2.45, 2.75) is 65.2 Å². The zero-order valence-electron chi connectivity index (χ0n) is 20.9. The van der Waals surface area contributed by atoms with E-state index in [1.54, 1.807) is 12.3 Å². The number of anilines is 1. The SMILES string of the molecule is CC.Cc1cc(CN2CN(c3cccc(F)c3)C3(CCN(Cc4cccnc4)[C@@H](C)C3)C2=O)no1. The Hall–Kier alpha value is -3.26. The number of carbonyl (C=O) groups excluding carboxylic acids is 1. The highest BCUT2D eigenvalue weighted by Gasteiger charge is 2.55. The number of pyridine rings is 1. The van der Waals surface area contributed by atoms with Crippen molar-refractivity contribution in [1.29, 1.82) is 0 Å². The molecule has 2 aromatic heterocycles. The maximum absolute atomic E-state index is 14.1. The highest BCUT2D eigenvalue weighted by molar-refractivity contribution is 5.93. The number of hydrogen-bond acceptors (Lipinski definition) is 6. The molecule has 1 amide bonds. The zero-order valence-corrected chi connectivity index (χ0v) is 20.9. The molecule has 1 spiro atoms. The van der Waals surface area contributed by atoms with E-state index < -0.39 is 5.54 Å². The first kappa shape index (κ1) is 24.9. The summed E-state index contributed by atoms with van der Waals surface area (Å²) in [5, 5.41) is 4.07. The van der Waals surface area contributed by atoms with Crippen LogP contribution >= 0.6 is 0 Å². The van der Waals surface area contributed by atoms with Gasteiger partial charge in [-0.2, -0.15) is 0 Å². The van der Waals surface area contributed by atoms with Crippen LogP contribution in [0.4, 0.5) is 10.1 Å². The molecule has 3 aromatic rings. The third-order valence-electron chi connectivity index (χ3n) is 6.84. The highest BCUT2D eigenvalue weighted by atomic mass is 19.1. The highest BCUT2D eigenvalue weighted by Crippen LogP contribution is 2.42. The lowest BCUT2D eigenvalue weighted by atomic mass is 9.81. The molecule has 0 aliphatic carbocycles. The van der Waals surface area contributed by atoms with Crippen molar-refractivity contribution in [2.75, 3.05) is 18.1 Å². The molecule has 1 unspecified atom stereocenters. The van der Waals surface area contributed by atoms with Crippen molar-refractivity contribution >= 4 is 11.6 Å². The van der Waals surface area contributed by atoms with E-state index in [0.29, 0.717) is 31.8 Å². The average molecular weight is 480 g/mol. The van der Waals surface area contributed by atoms with Gasteiger partial charge in [0.25, 0.3) is 0 Å². The molecule has 0 bridgehead atoms. The van der Waals surface area contributed by atoms with Gasteiger partial charge in [-0.15, -0.1) is 0 Å². The fraction of sp³-hybridized carbons (Fsp3) is 0.444. The largest absolute Gasteiger partial charge is 0.361 e. The van der Waals surface area contributed by atoms with Gasteiger partial charge in [-0.1, -0.05) is 31.1 Å². The molecule has 2 aliphatic rings. The molecule has 1 aromatic carbocycles. The van der Waals surface area contributed by atoms with Gasteiger partial charge in [0.1, 0.15) is 22.8 Å². The number of benzene rings is 1. The van der Waals surface area contributed by atoms with Crippen LogP contribution in [0.2, 0.25) is 0 Å². The zero-order chi connectivity index (χ0) is 25.0. The van der Waals surface area contributed by atoms with E-state index in [9.17, 15) is 9.18 Å². The minimum absolute atomic E-state index is 0.0697. The Morgan fingerprint density at radius 3 is 2.66 bits per heavy atom. The first-order chi connectivity index (χ1) is 16.9. The summed E-state index contributed by atoms with van der Waals surface area (Å²) in [4.78, 5) is 24.4. The minimum Gasteiger partial charge on any atom is -0.361 e. The number of halogens is 1. The fourth-order valence-corrected chi connectivity index (χ4v) is 5.23. The summed E-state index contributed by atoms with van der Waals surface area (Å²) in [6.45, 7) is 10.3. The van der Waals surface area contributed by atoms with Gasteiger partial charge in [0.15, 0.2) is 0 Å². The second kappa shape index (κ2) is 10.6. The Morgan fingerprint density at radius 2 is 2.00 bits per heavy atom. The van der Waals surface area contributed by atoms with Gasteiger partial charge in [-0.3, -0.25) is 14.7 Å². The summed E-state index contributed by atoms with van der Waals surface area (Å²) >= 11 is 0. The lowest BCUT2D eigenvalue weighted by molar-refractivity contribution is -0.134. The summed E-state index contributed by atoms with van der Waals surface area (Å²) < 4.78 is 19.3. The van der Waals surface area contributed by atoms with Gasteiger partial charge >= 0.3 is 0 Å².